The van der Waals surface area contributed by atoms with E-state index in [2.05, 4.69) is 10.6 Å². The molecule has 0 radical (unpaired) electrons. The van der Waals surface area contributed by atoms with Gasteiger partial charge < -0.3 is 10.6 Å². The summed E-state index contributed by atoms with van der Waals surface area (Å²) in [5.74, 6) is -0.359. The molecule has 1 aromatic carbocycles. The number of nitrogens with one attached hydrogen (secondary N) is 2. The minimum atomic E-state index is -4.55. The van der Waals surface area contributed by atoms with E-state index in [4.69, 9.17) is 11.6 Å². The van der Waals surface area contributed by atoms with Gasteiger partial charge in [-0.3, -0.25) is 4.79 Å². The van der Waals surface area contributed by atoms with Crippen LogP contribution in [0.1, 0.15) is 32.8 Å². The zero-order chi connectivity index (χ0) is 16.3. The Labute approximate surface area is 126 Å². The summed E-state index contributed by atoms with van der Waals surface area (Å²) in [6.45, 7) is 6.31. The Balaban J connectivity index is 2.65. The zero-order valence-corrected chi connectivity index (χ0v) is 12.8. The lowest BCUT2D eigenvalue weighted by Gasteiger charge is -2.20. The Morgan fingerprint density at radius 1 is 1.24 bits per heavy atom. The highest BCUT2D eigenvalue weighted by Gasteiger charge is 2.33. The molecule has 0 unspecified atom stereocenters. The topological polar surface area (TPSA) is 41.1 Å². The van der Waals surface area contributed by atoms with E-state index in [9.17, 15) is 18.0 Å². The Hall–Kier alpha value is -1.27. The van der Waals surface area contributed by atoms with E-state index in [-0.39, 0.29) is 23.6 Å². The summed E-state index contributed by atoms with van der Waals surface area (Å²) in [5.41, 5.74) is -1.01. The maximum Gasteiger partial charge on any atom is 0.417 e. The molecule has 1 rings (SSSR count). The molecule has 0 atom stereocenters. The van der Waals surface area contributed by atoms with Crippen molar-refractivity contribution in [3.8, 4) is 0 Å². The first kappa shape index (κ1) is 17.8. The number of anilines is 1. The van der Waals surface area contributed by atoms with Crippen LogP contribution in [0.4, 0.5) is 18.9 Å². The number of hydrogen-bond acceptors (Lipinski definition) is 2. The lowest BCUT2D eigenvalue weighted by atomic mass is 10.1. The minimum Gasteiger partial charge on any atom is -0.326 e. The van der Waals surface area contributed by atoms with Crippen molar-refractivity contribution in [1.29, 1.82) is 0 Å². The number of carbonyl (C=O) groups is 1. The number of amides is 1. The average molecular weight is 323 g/mol. The van der Waals surface area contributed by atoms with Crippen molar-refractivity contribution < 1.29 is 18.0 Å². The standard InChI is InChI=1S/C14H18ClF3N2O/c1-13(2,3)19-7-6-12(21)20-9-4-5-11(15)10(8-9)14(16,17)18/h4-5,8,19H,6-7H2,1-3H3,(H,20,21). The molecular weight excluding hydrogens is 305 g/mol. The van der Waals surface area contributed by atoms with Crippen LogP contribution in [-0.2, 0) is 11.0 Å². The molecule has 21 heavy (non-hydrogen) atoms. The predicted octanol–water partition coefficient (Wildman–Crippen LogP) is 4.08. The molecule has 0 spiro atoms. The van der Waals surface area contributed by atoms with Gasteiger partial charge in [-0.2, -0.15) is 13.2 Å². The second-order valence-corrected chi connectivity index (χ2v) is 6.07. The molecule has 3 nitrogen and oxygen atoms in total. The molecule has 0 saturated carbocycles. The molecule has 0 saturated heterocycles. The number of rotatable bonds is 4. The summed E-state index contributed by atoms with van der Waals surface area (Å²) in [5, 5.41) is 5.16. The third kappa shape index (κ3) is 6.35. The van der Waals surface area contributed by atoms with Crippen LogP contribution in [0.5, 0.6) is 0 Å². The first-order valence-corrected chi connectivity index (χ1v) is 6.78. The summed E-state index contributed by atoms with van der Waals surface area (Å²) in [7, 11) is 0. The second-order valence-electron chi connectivity index (χ2n) is 5.67. The van der Waals surface area contributed by atoms with E-state index in [1.165, 1.54) is 6.07 Å². The van der Waals surface area contributed by atoms with Gasteiger partial charge in [-0.15, -0.1) is 0 Å². The Morgan fingerprint density at radius 3 is 2.38 bits per heavy atom. The van der Waals surface area contributed by atoms with Crippen LogP contribution in [0.2, 0.25) is 5.02 Å². The monoisotopic (exact) mass is 322 g/mol. The molecule has 0 aliphatic rings. The minimum absolute atomic E-state index is 0.0764. The van der Waals surface area contributed by atoms with Crippen LogP contribution in [0.3, 0.4) is 0 Å². The van der Waals surface area contributed by atoms with Crippen molar-refractivity contribution in [1.82, 2.24) is 5.32 Å². The Bertz CT molecular complexity index is 510. The fraction of sp³-hybridized carbons (Fsp3) is 0.500. The summed E-state index contributed by atoms with van der Waals surface area (Å²) in [6, 6.07) is 3.29. The van der Waals surface area contributed by atoms with E-state index < -0.39 is 16.8 Å². The maximum atomic E-state index is 12.7. The Morgan fingerprint density at radius 2 is 1.86 bits per heavy atom. The van der Waals surface area contributed by atoms with Crippen LogP contribution in [0.15, 0.2) is 18.2 Å². The predicted molar refractivity (Wildman–Crippen MR) is 77.5 cm³/mol. The van der Waals surface area contributed by atoms with Crippen molar-refractivity contribution in [3.05, 3.63) is 28.8 Å². The number of benzene rings is 1. The molecule has 1 amide bonds. The molecule has 2 N–H and O–H groups in total. The number of alkyl halides is 3. The van der Waals surface area contributed by atoms with Crippen LogP contribution in [-0.4, -0.2) is 18.0 Å². The summed E-state index contributed by atoms with van der Waals surface area (Å²) >= 11 is 5.51. The van der Waals surface area contributed by atoms with Crippen molar-refractivity contribution in [3.63, 3.8) is 0 Å². The molecule has 118 valence electrons. The van der Waals surface area contributed by atoms with Crippen LogP contribution in [0, 0.1) is 0 Å². The summed E-state index contributed by atoms with van der Waals surface area (Å²) < 4.78 is 38.1. The van der Waals surface area contributed by atoms with Gasteiger partial charge in [-0.25, -0.2) is 0 Å². The van der Waals surface area contributed by atoms with Crippen LogP contribution >= 0.6 is 11.6 Å². The lowest BCUT2D eigenvalue weighted by molar-refractivity contribution is -0.137. The van der Waals surface area contributed by atoms with Gasteiger partial charge in [0.15, 0.2) is 0 Å². The van der Waals surface area contributed by atoms with Crippen molar-refractivity contribution in [2.24, 2.45) is 0 Å². The van der Waals surface area contributed by atoms with Gasteiger partial charge in [0.2, 0.25) is 5.91 Å². The number of hydrogen-bond donors (Lipinski definition) is 2. The van der Waals surface area contributed by atoms with Gasteiger partial charge in [0, 0.05) is 24.2 Å². The van der Waals surface area contributed by atoms with Crippen molar-refractivity contribution in [2.45, 2.75) is 38.9 Å². The zero-order valence-electron chi connectivity index (χ0n) is 12.1. The highest BCUT2D eigenvalue weighted by atomic mass is 35.5. The van der Waals surface area contributed by atoms with Crippen LogP contribution < -0.4 is 10.6 Å². The smallest absolute Gasteiger partial charge is 0.326 e. The number of carbonyl (C=O) groups excluding carboxylic acids is 1. The Kier molecular flexibility index (Phi) is 5.64. The largest absolute Gasteiger partial charge is 0.417 e. The molecule has 0 heterocycles. The molecule has 7 heteroatoms. The van der Waals surface area contributed by atoms with Crippen molar-refractivity contribution >= 4 is 23.2 Å². The molecule has 1 aromatic rings. The van der Waals surface area contributed by atoms with Gasteiger partial charge in [-0.05, 0) is 39.0 Å². The van der Waals surface area contributed by atoms with E-state index in [0.29, 0.717) is 6.54 Å². The van der Waals surface area contributed by atoms with Gasteiger partial charge >= 0.3 is 6.18 Å². The maximum absolute atomic E-state index is 12.7. The van der Waals surface area contributed by atoms with E-state index >= 15 is 0 Å². The molecular formula is C14H18ClF3N2O. The van der Waals surface area contributed by atoms with E-state index in [1.807, 2.05) is 20.8 Å². The summed E-state index contributed by atoms with van der Waals surface area (Å²) in [6.07, 6.45) is -4.38. The molecule has 0 bridgehead atoms. The van der Waals surface area contributed by atoms with Gasteiger partial charge in [0.1, 0.15) is 0 Å². The normalized spacial score (nSPS) is 12.3. The van der Waals surface area contributed by atoms with Gasteiger partial charge in [0.25, 0.3) is 0 Å². The fourth-order valence-corrected chi connectivity index (χ4v) is 1.82. The average Bonchev–Trinajstić information content (AvgIpc) is 2.28. The highest BCUT2D eigenvalue weighted by molar-refractivity contribution is 6.31. The second kappa shape index (κ2) is 6.66. The SMILES string of the molecule is CC(C)(C)NCCC(=O)Nc1ccc(Cl)c(C(F)(F)F)c1. The number of halogens is 4. The first-order valence-electron chi connectivity index (χ1n) is 6.41. The quantitative estimate of drug-likeness (QED) is 0.877. The third-order valence-electron chi connectivity index (χ3n) is 2.56. The first-order chi connectivity index (χ1) is 9.49. The van der Waals surface area contributed by atoms with E-state index in [1.54, 1.807) is 0 Å². The summed E-state index contributed by atoms with van der Waals surface area (Å²) in [4.78, 5) is 11.7. The molecule has 0 aliphatic carbocycles. The highest BCUT2D eigenvalue weighted by Crippen LogP contribution is 2.36. The fourth-order valence-electron chi connectivity index (χ4n) is 1.59. The molecule has 0 fully saturated rings. The van der Waals surface area contributed by atoms with Gasteiger partial charge in [-0.1, -0.05) is 11.6 Å². The van der Waals surface area contributed by atoms with Crippen molar-refractivity contribution in [2.75, 3.05) is 11.9 Å². The van der Waals surface area contributed by atoms with Crippen LogP contribution in [0.25, 0.3) is 0 Å². The molecule has 0 aromatic heterocycles. The molecule has 0 aliphatic heterocycles. The van der Waals surface area contributed by atoms with Gasteiger partial charge in [0.05, 0.1) is 10.6 Å². The van der Waals surface area contributed by atoms with E-state index in [0.717, 1.165) is 12.1 Å². The third-order valence-corrected chi connectivity index (χ3v) is 2.89. The lowest BCUT2D eigenvalue weighted by Crippen LogP contribution is -2.37.